The monoisotopic (exact) mass is 158 g/mol. The molecule has 12 heavy (non-hydrogen) atoms. The molecule has 0 aliphatic carbocycles. The van der Waals surface area contributed by atoms with E-state index in [1.165, 1.54) is 11.1 Å². The van der Waals surface area contributed by atoms with Crippen molar-refractivity contribution in [3.63, 3.8) is 0 Å². The van der Waals surface area contributed by atoms with Crippen LogP contribution < -0.4 is 0 Å². The van der Waals surface area contributed by atoms with Crippen molar-refractivity contribution in [3.8, 4) is 0 Å². The number of hydrogen-bond donors (Lipinski definition) is 0. The zero-order valence-electron chi connectivity index (χ0n) is 6.99. The van der Waals surface area contributed by atoms with E-state index < -0.39 is 0 Å². The molecule has 2 heteroatoms. The summed E-state index contributed by atoms with van der Waals surface area (Å²) in [5.74, 6) is 0. The predicted octanol–water partition coefficient (Wildman–Crippen LogP) is 2.88. The Hall–Kier alpha value is -1.44. The summed E-state index contributed by atoms with van der Waals surface area (Å²) >= 11 is 0. The van der Waals surface area contributed by atoms with Gasteiger partial charge in [-0.2, -0.15) is 10.2 Å². The molecule has 1 heterocycles. The summed E-state index contributed by atoms with van der Waals surface area (Å²) in [5.41, 5.74) is 3.52. The van der Waals surface area contributed by atoms with Crippen LogP contribution in [0.4, 0.5) is 0 Å². The smallest absolute Gasteiger partial charge is 0.0877 e. The summed E-state index contributed by atoms with van der Waals surface area (Å²) in [6.45, 7) is 2.73. The van der Waals surface area contributed by atoms with Crippen molar-refractivity contribution in [2.75, 3.05) is 6.54 Å². The highest BCUT2D eigenvalue weighted by Gasteiger charge is 2.08. The lowest BCUT2D eigenvalue weighted by molar-refractivity contribution is 1.11. The molecule has 0 spiro atoms. The fraction of sp³-hybridized carbons (Fsp3) is 0.200. The van der Waals surface area contributed by atoms with Gasteiger partial charge in [-0.3, -0.25) is 0 Å². The van der Waals surface area contributed by atoms with Crippen molar-refractivity contribution in [1.29, 1.82) is 0 Å². The first kappa shape index (κ1) is 7.22. The first-order valence-corrected chi connectivity index (χ1v) is 4.00. The molecule has 2 rings (SSSR count). The summed E-state index contributed by atoms with van der Waals surface area (Å²) in [6.07, 6.45) is 0. The second-order valence-corrected chi connectivity index (χ2v) is 2.83. The maximum Gasteiger partial charge on any atom is 0.0877 e. The van der Waals surface area contributed by atoms with Gasteiger partial charge in [0.15, 0.2) is 0 Å². The average molecular weight is 158 g/mol. The average Bonchev–Trinajstić information content (AvgIpc) is 2.53. The molecule has 0 bridgehead atoms. The molecule has 0 atom stereocenters. The Kier molecular flexibility index (Phi) is 1.74. The van der Waals surface area contributed by atoms with Crippen molar-refractivity contribution < 1.29 is 0 Å². The minimum absolute atomic E-state index is 0.732. The normalized spacial score (nSPS) is 15.8. The Morgan fingerprint density at radius 1 is 1.17 bits per heavy atom. The Balaban J connectivity index is 2.40. The van der Waals surface area contributed by atoms with Crippen LogP contribution in [-0.4, -0.2) is 6.54 Å². The highest BCUT2D eigenvalue weighted by molar-refractivity contribution is 5.70. The van der Waals surface area contributed by atoms with E-state index >= 15 is 0 Å². The molecule has 0 saturated carbocycles. The van der Waals surface area contributed by atoms with Gasteiger partial charge in [0.1, 0.15) is 0 Å². The van der Waals surface area contributed by atoms with Gasteiger partial charge in [0.2, 0.25) is 0 Å². The fourth-order valence-corrected chi connectivity index (χ4v) is 1.33. The molecule has 0 aromatic heterocycles. The SMILES string of the molecule is CC1=C(c2ccccc2)CN=N1. The van der Waals surface area contributed by atoms with Crippen LogP contribution in [0.1, 0.15) is 12.5 Å². The van der Waals surface area contributed by atoms with E-state index in [-0.39, 0.29) is 0 Å². The molecule has 60 valence electrons. The van der Waals surface area contributed by atoms with E-state index in [1.54, 1.807) is 0 Å². The van der Waals surface area contributed by atoms with Gasteiger partial charge in [0.25, 0.3) is 0 Å². The molecule has 0 unspecified atom stereocenters. The molecule has 0 N–H and O–H groups in total. The Morgan fingerprint density at radius 2 is 1.92 bits per heavy atom. The first-order valence-electron chi connectivity index (χ1n) is 4.00. The second kappa shape index (κ2) is 2.89. The third kappa shape index (κ3) is 1.16. The van der Waals surface area contributed by atoms with Gasteiger partial charge in [-0.25, -0.2) is 0 Å². The topological polar surface area (TPSA) is 24.7 Å². The van der Waals surface area contributed by atoms with Crippen molar-refractivity contribution >= 4 is 5.57 Å². The zero-order valence-corrected chi connectivity index (χ0v) is 6.99. The Labute approximate surface area is 71.6 Å². The van der Waals surface area contributed by atoms with Crippen LogP contribution in [0.5, 0.6) is 0 Å². The Morgan fingerprint density at radius 3 is 2.50 bits per heavy atom. The van der Waals surface area contributed by atoms with Gasteiger partial charge in [-0.05, 0) is 12.5 Å². The van der Waals surface area contributed by atoms with Gasteiger partial charge in [-0.15, -0.1) is 0 Å². The van der Waals surface area contributed by atoms with E-state index in [4.69, 9.17) is 0 Å². The third-order valence-electron chi connectivity index (χ3n) is 2.01. The van der Waals surface area contributed by atoms with Crippen molar-refractivity contribution in [1.82, 2.24) is 0 Å². The number of rotatable bonds is 1. The summed E-state index contributed by atoms with van der Waals surface area (Å²) in [6, 6.07) is 10.3. The molecular formula is C10H10N2. The lowest BCUT2D eigenvalue weighted by atomic mass is 10.1. The number of benzene rings is 1. The highest BCUT2D eigenvalue weighted by atomic mass is 15.1. The number of hydrogen-bond acceptors (Lipinski definition) is 2. The fourth-order valence-electron chi connectivity index (χ4n) is 1.33. The molecule has 1 aromatic carbocycles. The van der Waals surface area contributed by atoms with Gasteiger partial charge >= 0.3 is 0 Å². The standard InChI is InChI=1S/C10H10N2/c1-8-10(7-11-12-8)9-5-3-2-4-6-9/h2-6H,7H2,1H3. The van der Waals surface area contributed by atoms with Crippen LogP contribution in [0.2, 0.25) is 0 Å². The number of azo groups is 1. The van der Waals surface area contributed by atoms with E-state index in [0.29, 0.717) is 0 Å². The van der Waals surface area contributed by atoms with Crippen LogP contribution in [0, 0.1) is 0 Å². The quantitative estimate of drug-likeness (QED) is 0.600. The van der Waals surface area contributed by atoms with Gasteiger partial charge in [-0.1, -0.05) is 30.3 Å². The predicted molar refractivity (Wildman–Crippen MR) is 48.8 cm³/mol. The minimum Gasteiger partial charge on any atom is -0.184 e. The minimum atomic E-state index is 0.732. The molecule has 0 radical (unpaired) electrons. The summed E-state index contributed by atoms with van der Waals surface area (Å²) in [4.78, 5) is 0. The van der Waals surface area contributed by atoms with Crippen LogP contribution in [0.3, 0.4) is 0 Å². The summed E-state index contributed by atoms with van der Waals surface area (Å²) in [5, 5.41) is 7.97. The molecule has 1 aliphatic rings. The highest BCUT2D eigenvalue weighted by Crippen LogP contribution is 2.24. The van der Waals surface area contributed by atoms with Gasteiger partial charge < -0.3 is 0 Å². The molecule has 2 nitrogen and oxygen atoms in total. The van der Waals surface area contributed by atoms with Crippen LogP contribution in [-0.2, 0) is 0 Å². The van der Waals surface area contributed by atoms with E-state index in [0.717, 1.165) is 12.2 Å². The number of allylic oxidation sites excluding steroid dienone is 1. The van der Waals surface area contributed by atoms with Crippen LogP contribution >= 0.6 is 0 Å². The van der Waals surface area contributed by atoms with Crippen LogP contribution in [0.15, 0.2) is 46.3 Å². The van der Waals surface area contributed by atoms with E-state index in [9.17, 15) is 0 Å². The first-order chi connectivity index (χ1) is 5.88. The summed E-state index contributed by atoms with van der Waals surface area (Å²) in [7, 11) is 0. The molecule has 0 fully saturated rings. The van der Waals surface area contributed by atoms with Crippen molar-refractivity contribution in [2.24, 2.45) is 10.2 Å². The Bertz CT molecular complexity index is 336. The molecule has 1 aromatic rings. The second-order valence-electron chi connectivity index (χ2n) is 2.83. The maximum atomic E-state index is 4.00. The third-order valence-corrected chi connectivity index (χ3v) is 2.01. The molecule has 0 amide bonds. The molecular weight excluding hydrogens is 148 g/mol. The number of nitrogens with zero attached hydrogens (tertiary/aromatic N) is 2. The summed E-state index contributed by atoms with van der Waals surface area (Å²) < 4.78 is 0. The van der Waals surface area contributed by atoms with E-state index in [1.807, 2.05) is 25.1 Å². The lowest BCUT2D eigenvalue weighted by Gasteiger charge is -1.99. The van der Waals surface area contributed by atoms with Gasteiger partial charge in [0, 0.05) is 5.57 Å². The van der Waals surface area contributed by atoms with Crippen molar-refractivity contribution in [2.45, 2.75) is 6.92 Å². The molecule has 0 saturated heterocycles. The van der Waals surface area contributed by atoms with E-state index in [2.05, 4.69) is 22.4 Å². The van der Waals surface area contributed by atoms with Crippen LogP contribution in [0.25, 0.3) is 5.57 Å². The largest absolute Gasteiger partial charge is 0.184 e. The van der Waals surface area contributed by atoms with Gasteiger partial charge in [0.05, 0.1) is 12.2 Å². The zero-order chi connectivity index (χ0) is 8.39. The molecule has 1 aliphatic heterocycles. The maximum absolute atomic E-state index is 4.00. The van der Waals surface area contributed by atoms with Crippen molar-refractivity contribution in [3.05, 3.63) is 41.6 Å². The lowest BCUT2D eigenvalue weighted by Crippen LogP contribution is -1.85.